The average Bonchev–Trinajstić information content (AvgIpc) is 2.73. The van der Waals surface area contributed by atoms with Crippen LogP contribution in [0.3, 0.4) is 0 Å². The van der Waals surface area contributed by atoms with Crippen molar-refractivity contribution in [2.75, 3.05) is 5.75 Å². The van der Waals surface area contributed by atoms with Gasteiger partial charge in [-0.15, -0.1) is 0 Å². The van der Waals surface area contributed by atoms with Gasteiger partial charge in [0.25, 0.3) is 0 Å². The van der Waals surface area contributed by atoms with Gasteiger partial charge >= 0.3 is 0 Å². The largest absolute Gasteiger partial charge is 0.299 e. The summed E-state index contributed by atoms with van der Waals surface area (Å²) in [7, 11) is 0. The third kappa shape index (κ3) is 3.60. The van der Waals surface area contributed by atoms with Crippen molar-refractivity contribution >= 4 is 17.5 Å². The number of thioether (sulfide) groups is 1. The predicted molar refractivity (Wildman–Crippen MR) is 74.3 cm³/mol. The minimum atomic E-state index is 0.374. The molecule has 2 heteroatoms. The summed E-state index contributed by atoms with van der Waals surface area (Å²) in [5, 5.41) is 0. The number of rotatable bonds is 5. The van der Waals surface area contributed by atoms with E-state index in [9.17, 15) is 4.79 Å². The smallest absolute Gasteiger partial charge is 0.136 e. The van der Waals surface area contributed by atoms with Gasteiger partial charge in [-0.25, -0.2) is 0 Å². The van der Waals surface area contributed by atoms with Crippen molar-refractivity contribution in [1.29, 1.82) is 0 Å². The highest BCUT2D eigenvalue weighted by Crippen LogP contribution is 2.26. The molecular weight excluding hydrogens is 228 g/mol. The second-order valence-corrected chi connectivity index (χ2v) is 5.93. The third-order valence-electron chi connectivity index (χ3n) is 3.56. The second-order valence-electron chi connectivity index (χ2n) is 4.82. The second kappa shape index (κ2) is 6.25. The topological polar surface area (TPSA) is 17.1 Å². The number of hydrogen-bond acceptors (Lipinski definition) is 2. The molecule has 1 aromatic carbocycles. The summed E-state index contributed by atoms with van der Waals surface area (Å²) in [6, 6.07) is 8.55. The number of Topliss-reactive ketones (excluding diaryl/α,β-unsaturated/α-hetero) is 1. The summed E-state index contributed by atoms with van der Waals surface area (Å²) in [5.74, 6) is 3.07. The Hall–Kier alpha value is -0.760. The molecule has 2 rings (SSSR count). The fraction of sp³-hybridized carbons (Fsp3) is 0.533. The van der Waals surface area contributed by atoms with Gasteiger partial charge in [0.1, 0.15) is 5.78 Å². The van der Waals surface area contributed by atoms with Gasteiger partial charge in [-0.2, -0.15) is 11.8 Å². The molecule has 0 saturated heterocycles. The fourth-order valence-electron chi connectivity index (χ4n) is 2.37. The van der Waals surface area contributed by atoms with Crippen LogP contribution in [0.15, 0.2) is 24.3 Å². The van der Waals surface area contributed by atoms with Crippen LogP contribution >= 0.6 is 11.8 Å². The molecule has 0 bridgehead atoms. The summed E-state index contributed by atoms with van der Waals surface area (Å²) in [4.78, 5) is 11.5. The van der Waals surface area contributed by atoms with Gasteiger partial charge in [-0.1, -0.05) is 24.3 Å². The van der Waals surface area contributed by atoms with E-state index in [1.165, 1.54) is 11.1 Å². The van der Waals surface area contributed by atoms with Crippen molar-refractivity contribution in [1.82, 2.24) is 0 Å². The number of ketones is 1. The monoisotopic (exact) mass is 248 g/mol. The number of aryl methyl sites for hydroxylation is 1. The van der Waals surface area contributed by atoms with Crippen molar-refractivity contribution in [3.05, 3.63) is 35.4 Å². The third-order valence-corrected chi connectivity index (χ3v) is 4.60. The van der Waals surface area contributed by atoms with Crippen LogP contribution in [0.5, 0.6) is 0 Å². The normalized spacial score (nSPS) is 19.8. The average molecular weight is 248 g/mol. The molecule has 1 saturated carbocycles. The molecule has 0 heterocycles. The zero-order chi connectivity index (χ0) is 12.1. The maximum absolute atomic E-state index is 11.5. The molecule has 0 aromatic heterocycles. The van der Waals surface area contributed by atoms with E-state index in [4.69, 9.17) is 0 Å². The number of benzene rings is 1. The van der Waals surface area contributed by atoms with E-state index in [0.29, 0.717) is 11.7 Å². The zero-order valence-corrected chi connectivity index (χ0v) is 11.3. The molecule has 0 N–H and O–H groups in total. The zero-order valence-electron chi connectivity index (χ0n) is 10.4. The summed E-state index contributed by atoms with van der Waals surface area (Å²) < 4.78 is 0. The Morgan fingerprint density at radius 3 is 2.88 bits per heavy atom. The van der Waals surface area contributed by atoms with E-state index in [1.54, 1.807) is 0 Å². The highest BCUT2D eigenvalue weighted by molar-refractivity contribution is 7.98. The van der Waals surface area contributed by atoms with Gasteiger partial charge in [0.2, 0.25) is 0 Å². The van der Waals surface area contributed by atoms with E-state index in [2.05, 4.69) is 31.2 Å². The Morgan fingerprint density at radius 2 is 2.18 bits per heavy atom. The van der Waals surface area contributed by atoms with Crippen LogP contribution in [-0.2, 0) is 10.5 Å². The first-order chi connectivity index (χ1) is 8.27. The minimum absolute atomic E-state index is 0.374. The van der Waals surface area contributed by atoms with Crippen LogP contribution in [0.4, 0.5) is 0 Å². The van der Waals surface area contributed by atoms with Crippen molar-refractivity contribution in [2.45, 2.75) is 38.4 Å². The standard InChI is InChI=1S/C15H20OS/c1-12-5-2-3-6-14(12)11-17-10-9-13-7-4-8-15(13)16/h2-3,5-6,13H,4,7-11H2,1H3. The number of carbonyl (C=O) groups excluding carboxylic acids is 1. The first-order valence-electron chi connectivity index (χ1n) is 6.42. The van der Waals surface area contributed by atoms with E-state index in [0.717, 1.165) is 37.2 Å². The molecule has 92 valence electrons. The van der Waals surface area contributed by atoms with E-state index in [1.807, 2.05) is 11.8 Å². The minimum Gasteiger partial charge on any atom is -0.299 e. The predicted octanol–water partition coefficient (Wildman–Crippen LogP) is 3.99. The van der Waals surface area contributed by atoms with Gasteiger partial charge < -0.3 is 0 Å². The molecule has 0 radical (unpaired) electrons. The molecule has 1 atom stereocenters. The van der Waals surface area contributed by atoms with E-state index >= 15 is 0 Å². The molecule has 0 aliphatic heterocycles. The Kier molecular flexibility index (Phi) is 4.66. The van der Waals surface area contributed by atoms with Gasteiger partial charge in [-0.3, -0.25) is 4.79 Å². The fourth-order valence-corrected chi connectivity index (χ4v) is 3.51. The molecule has 1 aliphatic rings. The molecule has 0 spiro atoms. The van der Waals surface area contributed by atoms with Gasteiger partial charge in [0.05, 0.1) is 0 Å². The van der Waals surface area contributed by atoms with Gasteiger partial charge in [0, 0.05) is 18.1 Å². The van der Waals surface area contributed by atoms with Gasteiger partial charge in [-0.05, 0) is 43.1 Å². The molecular formula is C15H20OS. The molecule has 17 heavy (non-hydrogen) atoms. The Balaban J connectivity index is 1.70. The van der Waals surface area contributed by atoms with Gasteiger partial charge in [0.15, 0.2) is 0 Å². The molecule has 0 amide bonds. The highest BCUT2D eigenvalue weighted by atomic mass is 32.2. The SMILES string of the molecule is Cc1ccccc1CSCCC1CCCC1=O. The van der Waals surface area contributed by atoms with Crippen molar-refractivity contribution in [3.8, 4) is 0 Å². The number of hydrogen-bond donors (Lipinski definition) is 0. The quantitative estimate of drug-likeness (QED) is 0.733. The molecule has 1 nitrogen and oxygen atoms in total. The van der Waals surface area contributed by atoms with Crippen molar-refractivity contribution < 1.29 is 4.79 Å². The van der Waals surface area contributed by atoms with Crippen LogP contribution in [0.2, 0.25) is 0 Å². The van der Waals surface area contributed by atoms with Crippen LogP contribution in [0.25, 0.3) is 0 Å². The number of carbonyl (C=O) groups is 1. The summed E-state index contributed by atoms with van der Waals surface area (Å²) in [6.45, 7) is 2.16. The summed E-state index contributed by atoms with van der Waals surface area (Å²) in [6.07, 6.45) is 4.15. The lowest BCUT2D eigenvalue weighted by molar-refractivity contribution is -0.120. The van der Waals surface area contributed by atoms with Crippen LogP contribution in [0.1, 0.15) is 36.8 Å². The van der Waals surface area contributed by atoms with E-state index in [-0.39, 0.29) is 0 Å². The Labute approximate surface area is 108 Å². The summed E-state index contributed by atoms with van der Waals surface area (Å²) >= 11 is 1.96. The van der Waals surface area contributed by atoms with E-state index < -0.39 is 0 Å². The van der Waals surface area contributed by atoms with Crippen molar-refractivity contribution in [2.24, 2.45) is 5.92 Å². The molecule has 1 aromatic rings. The maximum atomic E-state index is 11.5. The maximum Gasteiger partial charge on any atom is 0.136 e. The summed E-state index contributed by atoms with van der Waals surface area (Å²) in [5.41, 5.74) is 2.80. The first-order valence-corrected chi connectivity index (χ1v) is 7.58. The first kappa shape index (κ1) is 12.7. The molecule has 1 unspecified atom stereocenters. The lowest BCUT2D eigenvalue weighted by atomic mass is 10.1. The van der Waals surface area contributed by atoms with Crippen LogP contribution in [-0.4, -0.2) is 11.5 Å². The molecule has 1 fully saturated rings. The molecule has 1 aliphatic carbocycles. The Morgan fingerprint density at radius 1 is 1.35 bits per heavy atom. The lowest BCUT2D eigenvalue weighted by Crippen LogP contribution is -2.07. The van der Waals surface area contributed by atoms with Crippen LogP contribution in [0, 0.1) is 12.8 Å². The van der Waals surface area contributed by atoms with Crippen LogP contribution < -0.4 is 0 Å². The highest BCUT2D eigenvalue weighted by Gasteiger charge is 2.23. The van der Waals surface area contributed by atoms with Crippen molar-refractivity contribution in [3.63, 3.8) is 0 Å². The lowest BCUT2D eigenvalue weighted by Gasteiger charge is -2.08. The Bertz CT molecular complexity index is 386.